The van der Waals surface area contributed by atoms with E-state index in [-0.39, 0.29) is 5.91 Å². The molecule has 1 amide bonds. The summed E-state index contributed by atoms with van der Waals surface area (Å²) in [5, 5.41) is 0. The van der Waals surface area contributed by atoms with E-state index in [4.69, 9.17) is 4.42 Å². The number of likely N-dealkylation sites (N-methyl/N-ethyl adjacent to an activating group) is 1. The van der Waals surface area contributed by atoms with Crippen molar-refractivity contribution in [3.63, 3.8) is 0 Å². The lowest BCUT2D eigenvalue weighted by Gasteiger charge is -2.24. The Hall–Kier alpha value is -3.01. The van der Waals surface area contributed by atoms with E-state index >= 15 is 0 Å². The number of anilines is 1. The third kappa shape index (κ3) is 3.68. The van der Waals surface area contributed by atoms with E-state index in [2.05, 4.69) is 48.2 Å². The largest absolute Gasteiger partial charge is 0.467 e. The fraction of sp³-hybridized carbons (Fsp3) is 0.292. The molecule has 4 rings (SSSR count). The number of furan rings is 1. The van der Waals surface area contributed by atoms with E-state index in [0.717, 1.165) is 18.6 Å². The average molecular weight is 374 g/mol. The minimum atomic E-state index is 0.0137. The first-order chi connectivity index (χ1) is 13.6. The highest BCUT2D eigenvalue weighted by Crippen LogP contribution is 2.33. The highest BCUT2D eigenvalue weighted by Gasteiger charge is 2.28. The maximum absolute atomic E-state index is 13.0. The number of carbonyl (C=O) groups excluding carboxylic acids is 1. The lowest BCUT2D eigenvalue weighted by molar-refractivity contribution is 0.0794. The lowest BCUT2D eigenvalue weighted by atomic mass is 10.1. The summed E-state index contributed by atoms with van der Waals surface area (Å²) < 4.78 is 5.73. The molecule has 4 nitrogen and oxygen atoms in total. The molecule has 3 aromatic rings. The fourth-order valence-corrected chi connectivity index (χ4v) is 3.93. The van der Waals surface area contributed by atoms with Gasteiger partial charge in [0.25, 0.3) is 5.91 Å². The fourth-order valence-electron chi connectivity index (χ4n) is 3.93. The summed E-state index contributed by atoms with van der Waals surface area (Å²) in [5.41, 5.74) is 4.49. The van der Waals surface area contributed by atoms with Gasteiger partial charge < -0.3 is 14.2 Å². The topological polar surface area (TPSA) is 36.7 Å². The van der Waals surface area contributed by atoms with E-state index in [9.17, 15) is 4.79 Å². The van der Waals surface area contributed by atoms with Gasteiger partial charge in [-0.2, -0.15) is 0 Å². The van der Waals surface area contributed by atoms with E-state index in [1.165, 1.54) is 16.8 Å². The predicted octanol–water partition coefficient (Wildman–Crippen LogP) is 4.55. The molecule has 0 fully saturated rings. The number of amides is 1. The Labute approximate surface area is 166 Å². The van der Waals surface area contributed by atoms with E-state index in [0.29, 0.717) is 24.7 Å². The second kappa shape index (κ2) is 7.93. The monoisotopic (exact) mass is 374 g/mol. The molecule has 28 heavy (non-hydrogen) atoms. The van der Waals surface area contributed by atoms with Gasteiger partial charge >= 0.3 is 0 Å². The van der Waals surface area contributed by atoms with Crippen molar-refractivity contribution in [3.8, 4) is 0 Å². The number of nitrogens with zero attached hydrogens (tertiary/aromatic N) is 2. The van der Waals surface area contributed by atoms with Crippen LogP contribution in [-0.4, -0.2) is 30.4 Å². The molecule has 0 bridgehead atoms. The normalized spacial score (nSPS) is 15.5. The first kappa shape index (κ1) is 18.4. The molecule has 1 aliphatic heterocycles. The van der Waals surface area contributed by atoms with Crippen molar-refractivity contribution in [2.24, 2.45) is 0 Å². The van der Waals surface area contributed by atoms with Crippen LogP contribution in [0.15, 0.2) is 71.3 Å². The number of rotatable bonds is 6. The van der Waals surface area contributed by atoms with Gasteiger partial charge in [-0.3, -0.25) is 4.79 Å². The standard InChI is InChI=1S/C24H26N2O2/c1-18-16-20-10-6-7-11-22(20)26(18)17-23-21(13-15-28-23)24(27)25(2)14-12-19-8-4-3-5-9-19/h3-11,13,15,18H,12,14,16-17H2,1-2H3. The van der Waals surface area contributed by atoms with Crippen LogP contribution >= 0.6 is 0 Å². The summed E-state index contributed by atoms with van der Waals surface area (Å²) >= 11 is 0. The van der Waals surface area contributed by atoms with Crippen LogP contribution in [-0.2, 0) is 19.4 Å². The highest BCUT2D eigenvalue weighted by molar-refractivity contribution is 5.95. The number of hydrogen-bond acceptors (Lipinski definition) is 3. The zero-order valence-corrected chi connectivity index (χ0v) is 16.5. The van der Waals surface area contributed by atoms with Gasteiger partial charge in [-0.25, -0.2) is 0 Å². The number of hydrogen-bond donors (Lipinski definition) is 0. The second-order valence-corrected chi connectivity index (χ2v) is 7.53. The Morgan fingerprint density at radius 3 is 2.68 bits per heavy atom. The summed E-state index contributed by atoms with van der Waals surface area (Å²) in [4.78, 5) is 17.1. The molecule has 0 saturated carbocycles. The minimum Gasteiger partial charge on any atom is -0.467 e. The van der Waals surface area contributed by atoms with Crippen molar-refractivity contribution in [1.82, 2.24) is 4.90 Å². The molecular formula is C24H26N2O2. The second-order valence-electron chi connectivity index (χ2n) is 7.53. The van der Waals surface area contributed by atoms with Crippen LogP contribution < -0.4 is 4.90 Å². The third-order valence-corrected chi connectivity index (χ3v) is 5.56. The molecule has 1 atom stereocenters. The zero-order valence-electron chi connectivity index (χ0n) is 16.5. The molecule has 0 spiro atoms. The maximum atomic E-state index is 13.0. The van der Waals surface area contributed by atoms with Crippen LogP contribution in [0, 0.1) is 0 Å². The zero-order chi connectivity index (χ0) is 19.5. The minimum absolute atomic E-state index is 0.0137. The highest BCUT2D eigenvalue weighted by atomic mass is 16.3. The van der Waals surface area contributed by atoms with Crippen molar-refractivity contribution < 1.29 is 9.21 Å². The molecule has 4 heteroatoms. The van der Waals surface area contributed by atoms with Crippen molar-refractivity contribution in [2.45, 2.75) is 32.4 Å². The summed E-state index contributed by atoms with van der Waals surface area (Å²) in [6.07, 6.45) is 3.49. The molecule has 0 radical (unpaired) electrons. The van der Waals surface area contributed by atoms with Crippen molar-refractivity contribution in [1.29, 1.82) is 0 Å². The number of fused-ring (bicyclic) bond motifs is 1. The van der Waals surface area contributed by atoms with Crippen LogP contribution in [0.5, 0.6) is 0 Å². The Balaban J connectivity index is 1.46. The quantitative estimate of drug-likeness (QED) is 0.635. The smallest absolute Gasteiger partial charge is 0.257 e. The number of benzene rings is 2. The van der Waals surface area contributed by atoms with Gasteiger partial charge in [0.1, 0.15) is 5.76 Å². The SMILES string of the molecule is CC1Cc2ccccc2N1Cc1occc1C(=O)N(C)CCc1ccccc1. The Morgan fingerprint density at radius 2 is 1.86 bits per heavy atom. The van der Waals surface area contributed by atoms with Gasteiger partial charge in [0.05, 0.1) is 18.4 Å². The van der Waals surface area contributed by atoms with Gasteiger partial charge in [0.2, 0.25) is 0 Å². The van der Waals surface area contributed by atoms with Crippen LogP contribution in [0.25, 0.3) is 0 Å². The van der Waals surface area contributed by atoms with Gasteiger partial charge in [-0.15, -0.1) is 0 Å². The molecule has 144 valence electrons. The lowest BCUT2D eigenvalue weighted by Crippen LogP contribution is -2.32. The van der Waals surface area contributed by atoms with Crippen molar-refractivity contribution in [3.05, 3.63) is 89.4 Å². The molecule has 2 aromatic carbocycles. The maximum Gasteiger partial charge on any atom is 0.257 e. The summed E-state index contributed by atoms with van der Waals surface area (Å²) in [7, 11) is 1.86. The third-order valence-electron chi connectivity index (χ3n) is 5.56. The first-order valence-electron chi connectivity index (χ1n) is 9.84. The molecule has 1 unspecified atom stereocenters. The average Bonchev–Trinajstić information content (AvgIpc) is 3.31. The van der Waals surface area contributed by atoms with Crippen molar-refractivity contribution >= 4 is 11.6 Å². The van der Waals surface area contributed by atoms with Gasteiger partial charge in [-0.05, 0) is 43.0 Å². The number of para-hydroxylation sites is 1. The molecule has 1 aromatic heterocycles. The summed E-state index contributed by atoms with van der Waals surface area (Å²) in [6.45, 7) is 3.51. The molecule has 0 N–H and O–H groups in total. The summed E-state index contributed by atoms with van der Waals surface area (Å²) in [6, 6.07) is 20.9. The van der Waals surface area contributed by atoms with E-state index in [1.54, 1.807) is 17.2 Å². The molecule has 1 aliphatic rings. The van der Waals surface area contributed by atoms with Crippen LogP contribution in [0.3, 0.4) is 0 Å². The number of carbonyl (C=O) groups is 1. The summed E-state index contributed by atoms with van der Waals surface area (Å²) in [5.74, 6) is 0.750. The van der Waals surface area contributed by atoms with Crippen LogP contribution in [0.1, 0.15) is 34.2 Å². The van der Waals surface area contributed by atoms with Gasteiger partial charge in [0.15, 0.2) is 0 Å². The predicted molar refractivity (Wildman–Crippen MR) is 112 cm³/mol. The van der Waals surface area contributed by atoms with E-state index in [1.807, 2.05) is 25.2 Å². The molecular weight excluding hydrogens is 348 g/mol. The molecule has 0 saturated heterocycles. The van der Waals surface area contributed by atoms with Gasteiger partial charge in [0, 0.05) is 25.3 Å². The van der Waals surface area contributed by atoms with Gasteiger partial charge in [-0.1, -0.05) is 48.5 Å². The molecule has 0 aliphatic carbocycles. The van der Waals surface area contributed by atoms with E-state index < -0.39 is 0 Å². The Bertz CT molecular complexity index is 948. The Morgan fingerprint density at radius 1 is 1.11 bits per heavy atom. The molecule has 2 heterocycles. The van der Waals surface area contributed by atoms with Crippen molar-refractivity contribution in [2.75, 3.05) is 18.5 Å². The first-order valence-corrected chi connectivity index (χ1v) is 9.84. The van der Waals surface area contributed by atoms with Crippen LogP contribution in [0.4, 0.5) is 5.69 Å². The van der Waals surface area contributed by atoms with Crippen LogP contribution in [0.2, 0.25) is 0 Å². The Kier molecular flexibility index (Phi) is 5.20.